The molecule has 0 radical (unpaired) electrons. The minimum Gasteiger partial charge on any atom is -0.369 e. The molecule has 1 unspecified atom stereocenters. The zero-order valence-electron chi connectivity index (χ0n) is 17.7. The number of rotatable bonds is 8. The fourth-order valence-corrected chi connectivity index (χ4v) is 3.73. The van der Waals surface area contributed by atoms with Gasteiger partial charge in [-0.2, -0.15) is 5.10 Å². The van der Waals surface area contributed by atoms with E-state index in [-0.39, 0.29) is 24.7 Å². The minimum atomic E-state index is -0.606. The van der Waals surface area contributed by atoms with Gasteiger partial charge in [0.25, 0.3) is 0 Å². The van der Waals surface area contributed by atoms with Crippen molar-refractivity contribution in [2.45, 2.75) is 26.7 Å². The Morgan fingerprint density at radius 3 is 2.44 bits per heavy atom. The summed E-state index contributed by atoms with van der Waals surface area (Å²) in [6.07, 6.45) is 0.407. The standard InChI is InChI=1S/C23H23Cl2FN4O2/c1-13-19(14(2)30(29-13)18-7-8-20(24)21(25)10-18)11-22(31)28-12-16(23(27)32)9-15-3-5-17(26)6-4-15/h3-8,10,16H,9,11-12H2,1-2H3,(H2,27,32)(H,28,31). The number of nitrogens with zero attached hydrogens (tertiary/aromatic N) is 2. The first-order chi connectivity index (χ1) is 15.2. The van der Waals surface area contributed by atoms with Crippen LogP contribution in [0.25, 0.3) is 5.69 Å². The summed E-state index contributed by atoms with van der Waals surface area (Å²) < 4.78 is 14.8. The van der Waals surface area contributed by atoms with Gasteiger partial charge in [0.2, 0.25) is 11.8 Å². The van der Waals surface area contributed by atoms with Crippen LogP contribution in [0.2, 0.25) is 10.0 Å². The van der Waals surface area contributed by atoms with Gasteiger partial charge < -0.3 is 11.1 Å². The number of nitrogens with one attached hydrogen (secondary N) is 1. The van der Waals surface area contributed by atoms with E-state index < -0.39 is 11.8 Å². The zero-order valence-corrected chi connectivity index (χ0v) is 19.2. The van der Waals surface area contributed by atoms with Crippen molar-refractivity contribution in [3.8, 4) is 5.69 Å². The predicted molar refractivity (Wildman–Crippen MR) is 123 cm³/mol. The summed E-state index contributed by atoms with van der Waals surface area (Å²) in [5.41, 5.74) is 9.28. The third-order valence-electron chi connectivity index (χ3n) is 5.27. The van der Waals surface area contributed by atoms with Gasteiger partial charge in [-0.25, -0.2) is 9.07 Å². The lowest BCUT2D eigenvalue weighted by molar-refractivity contribution is -0.123. The lowest BCUT2D eigenvalue weighted by Gasteiger charge is -2.15. The van der Waals surface area contributed by atoms with Gasteiger partial charge in [0, 0.05) is 17.8 Å². The van der Waals surface area contributed by atoms with Crippen molar-refractivity contribution in [3.63, 3.8) is 0 Å². The lowest BCUT2D eigenvalue weighted by atomic mass is 9.98. The predicted octanol–water partition coefficient (Wildman–Crippen LogP) is 3.94. The van der Waals surface area contributed by atoms with Crippen molar-refractivity contribution in [1.82, 2.24) is 15.1 Å². The topological polar surface area (TPSA) is 90.0 Å². The molecule has 168 valence electrons. The van der Waals surface area contributed by atoms with Crippen LogP contribution in [-0.2, 0) is 22.4 Å². The Hall–Kier alpha value is -2.90. The summed E-state index contributed by atoms with van der Waals surface area (Å²) in [5, 5.41) is 8.15. The van der Waals surface area contributed by atoms with Gasteiger partial charge >= 0.3 is 0 Å². The molecule has 0 saturated heterocycles. The van der Waals surface area contributed by atoms with E-state index >= 15 is 0 Å². The number of nitrogens with two attached hydrogens (primary N) is 1. The highest BCUT2D eigenvalue weighted by molar-refractivity contribution is 6.42. The van der Waals surface area contributed by atoms with Gasteiger partial charge in [0.05, 0.1) is 33.8 Å². The van der Waals surface area contributed by atoms with Crippen molar-refractivity contribution in [2.75, 3.05) is 6.54 Å². The van der Waals surface area contributed by atoms with Crippen molar-refractivity contribution in [3.05, 3.63) is 80.8 Å². The van der Waals surface area contributed by atoms with E-state index in [1.807, 2.05) is 13.8 Å². The molecule has 0 fully saturated rings. The number of amides is 2. The second-order valence-electron chi connectivity index (χ2n) is 7.57. The average molecular weight is 477 g/mol. The highest BCUT2D eigenvalue weighted by Crippen LogP contribution is 2.26. The number of benzene rings is 2. The fraction of sp³-hybridized carbons (Fsp3) is 0.261. The van der Waals surface area contributed by atoms with Gasteiger partial charge in [-0.15, -0.1) is 0 Å². The number of halogens is 3. The van der Waals surface area contributed by atoms with Crippen LogP contribution in [0.4, 0.5) is 4.39 Å². The molecule has 0 aliphatic carbocycles. The van der Waals surface area contributed by atoms with Crippen LogP contribution in [0.1, 0.15) is 22.5 Å². The first-order valence-corrected chi connectivity index (χ1v) is 10.7. The Kier molecular flexibility index (Phi) is 7.53. The maximum absolute atomic E-state index is 13.1. The van der Waals surface area contributed by atoms with Crippen molar-refractivity contribution in [1.29, 1.82) is 0 Å². The smallest absolute Gasteiger partial charge is 0.224 e. The summed E-state index contributed by atoms with van der Waals surface area (Å²) in [7, 11) is 0. The molecule has 32 heavy (non-hydrogen) atoms. The molecule has 1 atom stereocenters. The zero-order chi connectivity index (χ0) is 23.4. The number of primary amides is 1. The largest absolute Gasteiger partial charge is 0.369 e. The second kappa shape index (κ2) is 10.1. The quantitative estimate of drug-likeness (QED) is 0.515. The summed E-state index contributed by atoms with van der Waals surface area (Å²) >= 11 is 12.1. The maximum Gasteiger partial charge on any atom is 0.224 e. The van der Waals surface area contributed by atoms with Crippen molar-refractivity contribution < 1.29 is 14.0 Å². The Morgan fingerprint density at radius 2 is 1.81 bits per heavy atom. The molecule has 3 aromatic rings. The van der Waals surface area contributed by atoms with Crippen LogP contribution in [0.15, 0.2) is 42.5 Å². The fourth-order valence-electron chi connectivity index (χ4n) is 3.44. The molecule has 2 amide bonds. The summed E-state index contributed by atoms with van der Waals surface area (Å²) in [6, 6.07) is 11.0. The molecule has 0 aliphatic heterocycles. The van der Waals surface area contributed by atoms with Crippen LogP contribution < -0.4 is 11.1 Å². The van der Waals surface area contributed by atoms with Gasteiger partial charge in [-0.05, 0) is 56.2 Å². The van der Waals surface area contributed by atoms with E-state index in [2.05, 4.69) is 10.4 Å². The molecular weight excluding hydrogens is 454 g/mol. The summed E-state index contributed by atoms with van der Waals surface area (Å²) in [5.74, 6) is -1.75. The minimum absolute atomic E-state index is 0.0879. The Balaban J connectivity index is 1.67. The van der Waals surface area contributed by atoms with Gasteiger partial charge in [-0.3, -0.25) is 9.59 Å². The Labute approximate surface area is 195 Å². The molecule has 0 spiro atoms. The number of aryl methyl sites for hydroxylation is 1. The van der Waals surface area contributed by atoms with Gasteiger partial charge in [-0.1, -0.05) is 35.3 Å². The monoisotopic (exact) mass is 476 g/mol. The summed E-state index contributed by atoms with van der Waals surface area (Å²) in [6.45, 7) is 3.78. The molecule has 0 aliphatic rings. The third-order valence-corrected chi connectivity index (χ3v) is 6.01. The number of carbonyl (C=O) groups excluding carboxylic acids is 2. The highest BCUT2D eigenvalue weighted by Gasteiger charge is 2.20. The van der Waals surface area contributed by atoms with E-state index in [0.29, 0.717) is 22.2 Å². The van der Waals surface area contributed by atoms with E-state index in [4.69, 9.17) is 28.9 Å². The van der Waals surface area contributed by atoms with E-state index in [1.54, 1.807) is 35.0 Å². The van der Waals surface area contributed by atoms with E-state index in [9.17, 15) is 14.0 Å². The molecular formula is C23H23Cl2FN4O2. The van der Waals surface area contributed by atoms with E-state index in [0.717, 1.165) is 22.5 Å². The molecule has 9 heteroatoms. The molecule has 3 N–H and O–H groups in total. The molecule has 1 heterocycles. The number of hydrogen-bond acceptors (Lipinski definition) is 3. The van der Waals surface area contributed by atoms with Crippen molar-refractivity contribution in [2.24, 2.45) is 11.7 Å². The first-order valence-electron chi connectivity index (χ1n) is 9.96. The second-order valence-corrected chi connectivity index (χ2v) is 8.38. The molecule has 0 saturated carbocycles. The van der Waals surface area contributed by atoms with Crippen molar-refractivity contribution >= 4 is 35.0 Å². The number of aromatic nitrogens is 2. The van der Waals surface area contributed by atoms with Gasteiger partial charge in [0.1, 0.15) is 5.82 Å². The molecule has 6 nitrogen and oxygen atoms in total. The SMILES string of the molecule is Cc1nn(-c2ccc(Cl)c(Cl)c2)c(C)c1CC(=O)NCC(Cc1ccc(F)cc1)C(N)=O. The Morgan fingerprint density at radius 1 is 1.12 bits per heavy atom. The normalized spacial score (nSPS) is 11.9. The number of hydrogen-bond donors (Lipinski definition) is 2. The van der Waals surface area contributed by atoms with Gasteiger partial charge in [0.15, 0.2) is 0 Å². The summed E-state index contributed by atoms with van der Waals surface area (Å²) in [4.78, 5) is 24.4. The Bertz CT molecular complexity index is 1150. The molecule has 2 aromatic carbocycles. The highest BCUT2D eigenvalue weighted by atomic mass is 35.5. The van der Waals surface area contributed by atoms with Crippen LogP contribution in [0.5, 0.6) is 0 Å². The van der Waals surface area contributed by atoms with Crippen LogP contribution in [-0.4, -0.2) is 28.1 Å². The van der Waals surface area contributed by atoms with E-state index in [1.165, 1.54) is 12.1 Å². The molecule has 3 rings (SSSR count). The maximum atomic E-state index is 13.1. The molecule has 0 bridgehead atoms. The lowest BCUT2D eigenvalue weighted by Crippen LogP contribution is -2.38. The third kappa shape index (κ3) is 5.66. The van der Waals surface area contributed by atoms with Crippen LogP contribution in [0, 0.1) is 25.6 Å². The first kappa shape index (κ1) is 23.8. The molecule has 1 aromatic heterocycles. The van der Waals surface area contributed by atoms with Crippen LogP contribution in [0.3, 0.4) is 0 Å². The van der Waals surface area contributed by atoms with Crippen LogP contribution >= 0.6 is 23.2 Å². The number of carbonyl (C=O) groups is 2. The average Bonchev–Trinajstić information content (AvgIpc) is 3.02.